The Morgan fingerprint density at radius 3 is 2.63 bits per heavy atom. The molecular weight excluding hydrogens is 451 g/mol. The number of nitrogens with one attached hydrogen (secondary N) is 1. The van der Waals surface area contributed by atoms with Crippen molar-refractivity contribution in [3.05, 3.63) is 26.7 Å². The minimum atomic E-state index is -5.08. The minimum Gasteiger partial charge on any atom is -0.505 e. The van der Waals surface area contributed by atoms with E-state index in [-0.39, 0.29) is 11.2 Å². The van der Waals surface area contributed by atoms with Crippen LogP contribution in [0.3, 0.4) is 0 Å². The van der Waals surface area contributed by atoms with Crippen molar-refractivity contribution in [2.75, 3.05) is 6.54 Å². The van der Waals surface area contributed by atoms with Gasteiger partial charge in [-0.3, -0.25) is 0 Å². The van der Waals surface area contributed by atoms with Gasteiger partial charge in [0, 0.05) is 11.5 Å². The topological polar surface area (TPSA) is 69.6 Å². The van der Waals surface area contributed by atoms with Gasteiger partial charge in [0.25, 0.3) is 0 Å². The van der Waals surface area contributed by atoms with E-state index < -0.39 is 12.1 Å². The Labute approximate surface area is 168 Å². The summed E-state index contributed by atoms with van der Waals surface area (Å²) in [5.41, 5.74) is 2.94. The lowest BCUT2D eigenvalue weighted by Crippen LogP contribution is -2.59. The minimum absolute atomic E-state index is 0.223. The lowest BCUT2D eigenvalue weighted by Gasteiger charge is -2.56. The van der Waals surface area contributed by atoms with E-state index in [1.807, 2.05) is 6.07 Å². The van der Waals surface area contributed by atoms with E-state index in [1.165, 1.54) is 43.2 Å². The maximum absolute atomic E-state index is 10.6. The van der Waals surface area contributed by atoms with E-state index in [0.29, 0.717) is 11.1 Å². The van der Waals surface area contributed by atoms with Crippen LogP contribution >= 0.6 is 27.5 Å². The second-order valence-corrected chi connectivity index (χ2v) is 8.58. The maximum Gasteiger partial charge on any atom is 0.490 e. The number of carboxylic acids is 1. The number of phenols is 1. The molecule has 0 radical (unpaired) electrons. The smallest absolute Gasteiger partial charge is 0.490 e. The van der Waals surface area contributed by atoms with Crippen molar-refractivity contribution in [1.29, 1.82) is 0 Å². The van der Waals surface area contributed by atoms with Gasteiger partial charge in [0.1, 0.15) is 5.75 Å². The van der Waals surface area contributed by atoms with Gasteiger partial charge in [0.05, 0.1) is 9.50 Å². The Morgan fingerprint density at radius 2 is 2.00 bits per heavy atom. The van der Waals surface area contributed by atoms with Crippen LogP contribution in [0.4, 0.5) is 13.2 Å². The van der Waals surface area contributed by atoms with Gasteiger partial charge < -0.3 is 15.5 Å². The third-order valence-corrected chi connectivity index (χ3v) is 7.08. The molecule has 0 aromatic heterocycles. The van der Waals surface area contributed by atoms with Crippen molar-refractivity contribution < 1.29 is 28.2 Å². The number of carboxylic acid groups (broad SMARTS) is 1. The van der Waals surface area contributed by atoms with Gasteiger partial charge in [-0.2, -0.15) is 13.2 Å². The summed E-state index contributed by atoms with van der Waals surface area (Å²) in [5, 5.41) is 21.6. The average molecular weight is 471 g/mol. The van der Waals surface area contributed by atoms with Gasteiger partial charge in [0.15, 0.2) is 0 Å². The first kappa shape index (κ1) is 20.7. The van der Waals surface area contributed by atoms with Crippen LogP contribution in [0.5, 0.6) is 5.75 Å². The highest BCUT2D eigenvalue weighted by molar-refractivity contribution is 9.10. The van der Waals surface area contributed by atoms with Gasteiger partial charge >= 0.3 is 12.1 Å². The monoisotopic (exact) mass is 469 g/mol. The van der Waals surface area contributed by atoms with Crippen LogP contribution in [0.1, 0.15) is 43.2 Å². The number of fused-ring (bicyclic) bond motifs is 1. The molecule has 0 amide bonds. The Bertz CT molecular complexity index is 754. The molecule has 0 spiro atoms. The predicted octanol–water partition coefficient (Wildman–Crippen LogP) is 4.79. The second kappa shape index (κ2) is 7.44. The van der Waals surface area contributed by atoms with Crippen molar-refractivity contribution in [3.63, 3.8) is 0 Å². The molecule has 2 fully saturated rings. The van der Waals surface area contributed by atoms with E-state index in [1.54, 1.807) is 0 Å². The summed E-state index contributed by atoms with van der Waals surface area (Å²) in [6, 6.07) is 2.58. The van der Waals surface area contributed by atoms with Gasteiger partial charge in [-0.25, -0.2) is 4.79 Å². The highest BCUT2D eigenvalue weighted by atomic mass is 79.9. The first-order valence-corrected chi connectivity index (χ1v) is 9.99. The fourth-order valence-electron chi connectivity index (χ4n) is 5.03. The van der Waals surface area contributed by atoms with E-state index in [9.17, 15) is 18.3 Å². The third-order valence-electron chi connectivity index (χ3n) is 6.02. The second-order valence-electron chi connectivity index (χ2n) is 7.38. The number of hydrogen-bond donors (Lipinski definition) is 3. The van der Waals surface area contributed by atoms with E-state index in [0.717, 1.165) is 23.4 Å². The highest BCUT2D eigenvalue weighted by Crippen LogP contribution is 2.57. The molecule has 9 heteroatoms. The zero-order valence-electron chi connectivity index (χ0n) is 14.4. The number of alkyl halides is 3. The van der Waals surface area contributed by atoms with Crippen LogP contribution < -0.4 is 5.32 Å². The Balaban J connectivity index is 0.000000260. The van der Waals surface area contributed by atoms with Gasteiger partial charge in [0.2, 0.25) is 0 Å². The Hall–Kier alpha value is -0.990. The predicted molar refractivity (Wildman–Crippen MR) is 98.3 cm³/mol. The van der Waals surface area contributed by atoms with Crippen molar-refractivity contribution in [2.24, 2.45) is 5.92 Å². The molecule has 150 valence electrons. The summed E-state index contributed by atoms with van der Waals surface area (Å²) in [4.78, 5) is 8.90. The molecule has 4 nitrogen and oxygen atoms in total. The maximum atomic E-state index is 10.6. The lowest BCUT2D eigenvalue weighted by atomic mass is 9.53. The molecule has 1 aromatic carbocycles. The molecule has 3 atom stereocenters. The fraction of sp³-hybridized carbons (Fsp3) is 0.611. The summed E-state index contributed by atoms with van der Waals surface area (Å²) < 4.78 is 32.6. The molecule has 3 aliphatic rings. The number of aromatic hydroxyl groups is 1. The molecule has 1 aromatic rings. The summed E-state index contributed by atoms with van der Waals surface area (Å²) in [6.07, 6.45) is 2.35. The van der Waals surface area contributed by atoms with Gasteiger partial charge in [-0.05, 0) is 71.3 Å². The number of phenolic OH excluding ortho intramolecular Hbond substituents is 1. The first-order chi connectivity index (χ1) is 12.6. The van der Waals surface area contributed by atoms with Crippen LogP contribution in [0, 0.1) is 5.92 Å². The quantitative estimate of drug-likeness (QED) is 0.510. The number of halogens is 5. The van der Waals surface area contributed by atoms with E-state index in [2.05, 4.69) is 21.2 Å². The first-order valence-electron chi connectivity index (χ1n) is 8.81. The van der Waals surface area contributed by atoms with Gasteiger partial charge in [-0.1, -0.05) is 24.4 Å². The molecule has 2 aliphatic carbocycles. The molecule has 1 saturated heterocycles. The molecule has 2 bridgehead atoms. The number of rotatable bonds is 0. The summed E-state index contributed by atoms with van der Waals surface area (Å²) in [7, 11) is 0. The van der Waals surface area contributed by atoms with Gasteiger partial charge in [-0.15, -0.1) is 0 Å². The molecule has 0 unspecified atom stereocenters. The van der Waals surface area contributed by atoms with Crippen molar-refractivity contribution >= 4 is 33.5 Å². The number of carbonyl (C=O) groups is 1. The normalized spacial score (nSPS) is 29.1. The molecular formula is C18H20BrClF3NO3. The van der Waals surface area contributed by atoms with E-state index in [4.69, 9.17) is 21.5 Å². The standard InChI is InChI=1S/C16H19BrClNO.C2HF3O2/c17-14-13-9(7-11(18)15(14)20)8-12-10-3-1-2-4-16(10,13)5-6-19-12;3-2(4,5)1(6)7/h7,10,12,19-20H,1-6,8H2;(H,6,7)/t10-,12+,16+;/m1./s1. The number of aliphatic carboxylic acids is 1. The third kappa shape index (κ3) is 3.68. The van der Waals surface area contributed by atoms with Crippen molar-refractivity contribution in [3.8, 4) is 5.75 Å². The molecule has 4 rings (SSSR count). The van der Waals surface area contributed by atoms with Crippen molar-refractivity contribution in [2.45, 2.75) is 56.2 Å². The summed E-state index contributed by atoms with van der Waals surface area (Å²) in [5.74, 6) is -1.82. The molecule has 1 aliphatic heterocycles. The van der Waals surface area contributed by atoms with Crippen LogP contribution in [0.2, 0.25) is 5.02 Å². The highest BCUT2D eigenvalue weighted by Gasteiger charge is 2.52. The Kier molecular flexibility index (Phi) is 5.72. The Morgan fingerprint density at radius 1 is 1.33 bits per heavy atom. The van der Waals surface area contributed by atoms with Crippen LogP contribution in [-0.4, -0.2) is 34.9 Å². The summed E-state index contributed by atoms with van der Waals surface area (Å²) >= 11 is 9.82. The molecule has 1 heterocycles. The summed E-state index contributed by atoms with van der Waals surface area (Å²) in [6.45, 7) is 1.09. The van der Waals surface area contributed by atoms with Crippen LogP contribution in [0.15, 0.2) is 10.5 Å². The molecule has 1 saturated carbocycles. The van der Waals surface area contributed by atoms with E-state index >= 15 is 0 Å². The zero-order chi connectivity index (χ0) is 20.0. The largest absolute Gasteiger partial charge is 0.505 e. The average Bonchev–Trinajstić information content (AvgIpc) is 2.59. The number of benzene rings is 1. The fourth-order valence-corrected chi connectivity index (χ4v) is 6.23. The van der Waals surface area contributed by atoms with Crippen LogP contribution in [-0.2, 0) is 16.6 Å². The van der Waals surface area contributed by atoms with Crippen molar-refractivity contribution in [1.82, 2.24) is 5.32 Å². The SMILES string of the molecule is O=C(O)C(F)(F)F.Oc1c(Cl)cc2c(c1Br)[C@]13CCCC[C@@H]1[C@H](C2)NCC3. The van der Waals surface area contributed by atoms with Crippen LogP contribution in [0.25, 0.3) is 0 Å². The molecule has 27 heavy (non-hydrogen) atoms. The lowest BCUT2D eigenvalue weighted by molar-refractivity contribution is -0.192. The number of hydrogen-bond acceptors (Lipinski definition) is 3. The zero-order valence-corrected chi connectivity index (χ0v) is 16.7. The number of piperidine rings is 1. The molecule has 3 N–H and O–H groups in total.